The van der Waals surface area contributed by atoms with Crippen LogP contribution in [0, 0.1) is 0 Å². The summed E-state index contributed by atoms with van der Waals surface area (Å²) in [6.07, 6.45) is 95.1. The molecule has 0 spiro atoms. The van der Waals surface area contributed by atoms with E-state index in [2.05, 4.69) is 106 Å². The standard InChI is InChI=1S/C77H136O6/c1-4-7-10-13-16-19-21-23-25-27-29-31-33-35-36-37-38-39-40-41-43-44-46-48-50-52-54-56-58-61-64-67-70-76(79)82-73-74(72-81-75(78)69-66-63-60-18-15-12-9-6-3)83-77(80)71-68-65-62-59-57-55-53-51-49-47-45-42-34-32-30-28-26-24-22-20-17-14-11-8-5-2/h8,11,17,20,24,26,30,32,42,45,49,51,55,57,74H,4-7,9-10,12-16,18-19,21-23,25,27-29,31,33-41,43-44,46-48,50,52-54,56,58-73H2,1-3H3/b11-8-,20-17-,26-24-,32-30-,45-42-,51-49-,57-55-. The third kappa shape index (κ3) is 69.3. The molecule has 0 radical (unpaired) electrons. The molecule has 1 unspecified atom stereocenters. The third-order valence-electron chi connectivity index (χ3n) is 15.9. The molecule has 480 valence electrons. The summed E-state index contributed by atoms with van der Waals surface area (Å²) >= 11 is 0. The summed E-state index contributed by atoms with van der Waals surface area (Å²) < 4.78 is 16.9. The molecule has 0 bridgehead atoms. The normalized spacial score (nSPS) is 12.6. The van der Waals surface area contributed by atoms with E-state index in [-0.39, 0.29) is 31.1 Å². The van der Waals surface area contributed by atoms with Gasteiger partial charge >= 0.3 is 17.9 Å². The van der Waals surface area contributed by atoms with Crippen LogP contribution >= 0.6 is 0 Å². The van der Waals surface area contributed by atoms with Crippen LogP contribution in [0.3, 0.4) is 0 Å². The molecular formula is C77H136O6. The molecule has 1 atom stereocenters. The molecule has 0 amide bonds. The van der Waals surface area contributed by atoms with Crippen molar-refractivity contribution in [2.75, 3.05) is 13.2 Å². The second-order valence-electron chi connectivity index (χ2n) is 24.1. The molecule has 0 aliphatic carbocycles. The molecule has 0 saturated carbocycles. The van der Waals surface area contributed by atoms with Gasteiger partial charge in [-0.2, -0.15) is 0 Å². The van der Waals surface area contributed by atoms with Gasteiger partial charge in [-0.3, -0.25) is 14.4 Å². The van der Waals surface area contributed by atoms with Crippen molar-refractivity contribution in [2.45, 2.75) is 374 Å². The molecule has 6 nitrogen and oxygen atoms in total. The van der Waals surface area contributed by atoms with Crippen LogP contribution in [0.5, 0.6) is 0 Å². The summed E-state index contributed by atoms with van der Waals surface area (Å²) in [5.74, 6) is -0.908. The Morgan fingerprint density at radius 3 is 0.735 bits per heavy atom. The van der Waals surface area contributed by atoms with E-state index in [1.807, 2.05) is 0 Å². The third-order valence-corrected chi connectivity index (χ3v) is 15.9. The number of rotatable bonds is 66. The highest BCUT2D eigenvalue weighted by Crippen LogP contribution is 2.18. The van der Waals surface area contributed by atoms with Crippen molar-refractivity contribution in [2.24, 2.45) is 0 Å². The van der Waals surface area contributed by atoms with Gasteiger partial charge in [-0.15, -0.1) is 0 Å². The Bertz CT molecular complexity index is 1570. The zero-order chi connectivity index (χ0) is 59.9. The minimum Gasteiger partial charge on any atom is -0.462 e. The highest BCUT2D eigenvalue weighted by molar-refractivity contribution is 5.71. The van der Waals surface area contributed by atoms with Crippen molar-refractivity contribution in [1.29, 1.82) is 0 Å². The van der Waals surface area contributed by atoms with Gasteiger partial charge in [-0.1, -0.05) is 356 Å². The summed E-state index contributed by atoms with van der Waals surface area (Å²) in [6, 6.07) is 0. The second-order valence-corrected chi connectivity index (χ2v) is 24.1. The zero-order valence-electron chi connectivity index (χ0n) is 55.2. The highest BCUT2D eigenvalue weighted by atomic mass is 16.6. The maximum absolute atomic E-state index is 12.9. The quantitative estimate of drug-likeness (QED) is 0.0261. The van der Waals surface area contributed by atoms with E-state index in [0.29, 0.717) is 19.3 Å². The predicted molar refractivity (Wildman–Crippen MR) is 362 cm³/mol. The van der Waals surface area contributed by atoms with Crippen LogP contribution in [0.2, 0.25) is 0 Å². The van der Waals surface area contributed by atoms with Crippen molar-refractivity contribution >= 4 is 17.9 Å². The number of esters is 3. The Balaban J connectivity index is 4.11. The first-order chi connectivity index (χ1) is 41.0. The number of unbranched alkanes of at least 4 members (excludes halogenated alkanes) is 41. The van der Waals surface area contributed by atoms with E-state index in [1.54, 1.807) is 0 Å². The topological polar surface area (TPSA) is 78.9 Å². The first-order valence-corrected chi connectivity index (χ1v) is 36.1. The van der Waals surface area contributed by atoms with Crippen molar-refractivity contribution < 1.29 is 28.6 Å². The number of hydrogen-bond acceptors (Lipinski definition) is 6. The van der Waals surface area contributed by atoms with Gasteiger partial charge in [0.2, 0.25) is 0 Å². The van der Waals surface area contributed by atoms with E-state index in [1.165, 1.54) is 218 Å². The lowest BCUT2D eigenvalue weighted by molar-refractivity contribution is -0.167. The molecule has 0 saturated heterocycles. The fourth-order valence-corrected chi connectivity index (χ4v) is 10.5. The predicted octanol–water partition coefficient (Wildman–Crippen LogP) is 25.0. The molecule has 0 aromatic heterocycles. The lowest BCUT2D eigenvalue weighted by Crippen LogP contribution is -2.30. The average molecular weight is 1160 g/mol. The molecule has 0 aliphatic heterocycles. The van der Waals surface area contributed by atoms with Crippen LogP contribution in [-0.4, -0.2) is 37.2 Å². The van der Waals surface area contributed by atoms with Crippen LogP contribution in [-0.2, 0) is 28.6 Å². The van der Waals surface area contributed by atoms with Gasteiger partial charge in [0.25, 0.3) is 0 Å². The van der Waals surface area contributed by atoms with Gasteiger partial charge in [0.15, 0.2) is 6.10 Å². The van der Waals surface area contributed by atoms with Gasteiger partial charge in [0, 0.05) is 19.3 Å². The summed E-state index contributed by atoms with van der Waals surface area (Å²) in [7, 11) is 0. The minimum atomic E-state index is -0.792. The minimum absolute atomic E-state index is 0.0865. The maximum Gasteiger partial charge on any atom is 0.306 e. The van der Waals surface area contributed by atoms with Crippen LogP contribution in [0.15, 0.2) is 85.1 Å². The number of ether oxygens (including phenoxy) is 3. The lowest BCUT2D eigenvalue weighted by atomic mass is 10.0. The van der Waals surface area contributed by atoms with Gasteiger partial charge in [0.05, 0.1) is 0 Å². The highest BCUT2D eigenvalue weighted by Gasteiger charge is 2.19. The smallest absolute Gasteiger partial charge is 0.306 e. The average Bonchev–Trinajstić information content (AvgIpc) is 3.49. The first-order valence-electron chi connectivity index (χ1n) is 36.1. The largest absolute Gasteiger partial charge is 0.462 e. The van der Waals surface area contributed by atoms with E-state index in [0.717, 1.165) is 109 Å². The monoisotopic (exact) mass is 1160 g/mol. The maximum atomic E-state index is 12.9. The van der Waals surface area contributed by atoms with E-state index < -0.39 is 6.10 Å². The summed E-state index contributed by atoms with van der Waals surface area (Å²) in [5.41, 5.74) is 0. The molecular weight excluding hydrogens is 1020 g/mol. The van der Waals surface area contributed by atoms with E-state index in [9.17, 15) is 14.4 Å². The molecule has 0 aromatic rings. The fourth-order valence-electron chi connectivity index (χ4n) is 10.5. The van der Waals surface area contributed by atoms with Gasteiger partial charge in [-0.25, -0.2) is 0 Å². The van der Waals surface area contributed by atoms with E-state index in [4.69, 9.17) is 14.2 Å². The summed E-state index contributed by atoms with van der Waals surface area (Å²) in [4.78, 5) is 38.2. The Morgan fingerprint density at radius 1 is 0.253 bits per heavy atom. The molecule has 0 aliphatic rings. The zero-order valence-corrected chi connectivity index (χ0v) is 55.2. The van der Waals surface area contributed by atoms with Crippen molar-refractivity contribution in [3.05, 3.63) is 85.1 Å². The molecule has 0 rings (SSSR count). The van der Waals surface area contributed by atoms with Crippen LogP contribution < -0.4 is 0 Å². The van der Waals surface area contributed by atoms with Gasteiger partial charge < -0.3 is 14.2 Å². The fraction of sp³-hybridized carbons (Fsp3) is 0.779. The molecule has 83 heavy (non-hydrogen) atoms. The van der Waals surface area contributed by atoms with Gasteiger partial charge in [0.1, 0.15) is 13.2 Å². The van der Waals surface area contributed by atoms with E-state index >= 15 is 0 Å². The number of carbonyl (C=O) groups is 3. The summed E-state index contributed by atoms with van der Waals surface area (Å²) in [6.45, 7) is 6.52. The Labute approximate surface area is 515 Å². The molecule has 0 heterocycles. The molecule has 0 N–H and O–H groups in total. The molecule has 0 aromatic carbocycles. The Morgan fingerprint density at radius 2 is 0.470 bits per heavy atom. The van der Waals surface area contributed by atoms with Gasteiger partial charge in [-0.05, 0) is 77.0 Å². The second kappa shape index (κ2) is 71.1. The van der Waals surface area contributed by atoms with Crippen molar-refractivity contribution in [1.82, 2.24) is 0 Å². The number of allylic oxidation sites excluding steroid dienone is 14. The Kier molecular flexibility index (Phi) is 68.2. The van der Waals surface area contributed by atoms with Crippen molar-refractivity contribution in [3.8, 4) is 0 Å². The van der Waals surface area contributed by atoms with Crippen LogP contribution in [0.25, 0.3) is 0 Å². The van der Waals surface area contributed by atoms with Crippen LogP contribution in [0.1, 0.15) is 367 Å². The first kappa shape index (κ1) is 79.6. The van der Waals surface area contributed by atoms with Crippen LogP contribution in [0.4, 0.5) is 0 Å². The number of carbonyl (C=O) groups excluding carboxylic acids is 3. The summed E-state index contributed by atoms with van der Waals surface area (Å²) in [5, 5.41) is 0. The Hall–Kier alpha value is -3.41. The van der Waals surface area contributed by atoms with Crippen molar-refractivity contribution in [3.63, 3.8) is 0 Å². The SMILES string of the molecule is CC/C=C\C/C=C\C/C=C\C/C=C\C/C=C\C/C=C\C/C=C\CCCCCC(=O)OC(COC(=O)CCCCCCCCCC)COC(=O)CCCCCCCCCCCCCCCCCCCCCCCCCCCCCCCCCC. The number of hydrogen-bond donors (Lipinski definition) is 0. The molecule has 0 fully saturated rings. The molecule has 6 heteroatoms. The lowest BCUT2D eigenvalue weighted by Gasteiger charge is -2.18.